The summed E-state index contributed by atoms with van der Waals surface area (Å²) in [5.41, 5.74) is 1.61. The highest BCUT2D eigenvalue weighted by molar-refractivity contribution is 5.28. The Morgan fingerprint density at radius 1 is 0.733 bits per heavy atom. The molecule has 2 aliphatic carbocycles. The van der Waals surface area contributed by atoms with Crippen molar-refractivity contribution in [2.75, 3.05) is 0 Å². The smallest absolute Gasteiger partial charge is 0.00995 e. The van der Waals surface area contributed by atoms with Gasteiger partial charge in [0.05, 0.1) is 0 Å². The summed E-state index contributed by atoms with van der Waals surface area (Å²) in [6, 6.07) is 11.2. The second-order valence-corrected chi connectivity index (χ2v) is 5.26. The highest BCUT2D eigenvalue weighted by atomic mass is 14.5. The topological polar surface area (TPSA) is 0 Å². The molecule has 0 N–H and O–H groups in total. The van der Waals surface area contributed by atoms with Crippen molar-refractivity contribution < 1.29 is 0 Å². The summed E-state index contributed by atoms with van der Waals surface area (Å²) in [5.74, 6) is 2.99. The third-order valence-electron chi connectivity index (χ3n) is 4.34. The number of benzene rings is 1. The van der Waals surface area contributed by atoms with Gasteiger partial charge in [-0.3, -0.25) is 0 Å². The molecule has 2 saturated carbocycles. The average Bonchev–Trinajstić information content (AvgIpc) is 2.91. The predicted octanol–water partition coefficient (Wildman–Crippen LogP) is 4.37. The quantitative estimate of drug-likeness (QED) is 0.631. The van der Waals surface area contributed by atoms with Crippen LogP contribution in [0.2, 0.25) is 0 Å². The first-order chi connectivity index (χ1) is 7.47. The van der Waals surface area contributed by atoms with Crippen LogP contribution in [0.1, 0.15) is 50.0 Å². The Labute approximate surface area is 92.7 Å². The highest BCUT2D eigenvalue weighted by Gasteiger charge is 2.49. The van der Waals surface area contributed by atoms with E-state index in [-0.39, 0.29) is 0 Å². The van der Waals surface area contributed by atoms with Crippen LogP contribution in [0.5, 0.6) is 0 Å². The molecule has 0 nitrogen and oxygen atoms in total. The number of fused-ring (bicyclic) bond motifs is 1. The zero-order valence-corrected chi connectivity index (χ0v) is 9.36. The van der Waals surface area contributed by atoms with Crippen molar-refractivity contribution in [2.24, 2.45) is 11.8 Å². The van der Waals surface area contributed by atoms with E-state index in [1.807, 2.05) is 0 Å². The molecule has 0 spiro atoms. The highest BCUT2D eigenvalue weighted by Crippen LogP contribution is 2.59. The van der Waals surface area contributed by atoms with Crippen LogP contribution < -0.4 is 0 Å². The van der Waals surface area contributed by atoms with E-state index in [1.165, 1.54) is 38.5 Å². The van der Waals surface area contributed by atoms with E-state index in [4.69, 9.17) is 0 Å². The average molecular weight is 200 g/mol. The molecule has 0 saturated heterocycles. The molecule has 1 unspecified atom stereocenters. The molecule has 0 amide bonds. The van der Waals surface area contributed by atoms with Gasteiger partial charge in [0.15, 0.2) is 0 Å². The zero-order valence-electron chi connectivity index (χ0n) is 9.36. The lowest BCUT2D eigenvalue weighted by atomic mass is 10.0. The van der Waals surface area contributed by atoms with Crippen LogP contribution in [-0.2, 0) is 0 Å². The molecule has 2 aliphatic rings. The van der Waals surface area contributed by atoms with Gasteiger partial charge in [0.25, 0.3) is 0 Å². The minimum atomic E-state index is 0.921. The van der Waals surface area contributed by atoms with Crippen molar-refractivity contribution >= 4 is 0 Å². The summed E-state index contributed by atoms with van der Waals surface area (Å²) in [6.07, 6.45) is 8.89. The van der Waals surface area contributed by atoms with Gasteiger partial charge in [-0.05, 0) is 36.2 Å². The fourth-order valence-electron chi connectivity index (χ4n) is 3.52. The lowest BCUT2D eigenvalue weighted by Gasteiger charge is -2.05. The van der Waals surface area contributed by atoms with Gasteiger partial charge in [-0.2, -0.15) is 0 Å². The van der Waals surface area contributed by atoms with E-state index < -0.39 is 0 Å². The van der Waals surface area contributed by atoms with Crippen LogP contribution in [-0.4, -0.2) is 0 Å². The van der Waals surface area contributed by atoms with Crippen molar-refractivity contribution in [2.45, 2.75) is 44.4 Å². The SMILES string of the molecule is c1ccc(C2[C@H]3CCCCCC[C@@H]23)cc1. The lowest BCUT2D eigenvalue weighted by Crippen LogP contribution is -1.90. The predicted molar refractivity (Wildman–Crippen MR) is 63.9 cm³/mol. The van der Waals surface area contributed by atoms with Gasteiger partial charge < -0.3 is 0 Å². The van der Waals surface area contributed by atoms with Gasteiger partial charge in [-0.25, -0.2) is 0 Å². The molecule has 0 aliphatic heterocycles. The first-order valence-electron chi connectivity index (χ1n) is 6.52. The Kier molecular flexibility index (Phi) is 2.52. The molecular formula is C15H20. The van der Waals surface area contributed by atoms with Gasteiger partial charge in [0.1, 0.15) is 0 Å². The van der Waals surface area contributed by atoms with Gasteiger partial charge in [0.2, 0.25) is 0 Å². The summed E-state index contributed by atoms with van der Waals surface area (Å²) in [7, 11) is 0. The first-order valence-corrected chi connectivity index (χ1v) is 6.52. The standard InChI is InChI=1S/C15H20/c1-2-7-11-14-13(10-6-1)15(14)12-8-4-3-5-9-12/h3-5,8-9,13-15H,1-2,6-7,10-11H2/t13-,14+,15?. The first kappa shape index (κ1) is 9.45. The maximum Gasteiger partial charge on any atom is -0.00995 e. The van der Waals surface area contributed by atoms with E-state index in [1.54, 1.807) is 5.56 Å². The Morgan fingerprint density at radius 3 is 1.93 bits per heavy atom. The summed E-state index contributed by atoms with van der Waals surface area (Å²) >= 11 is 0. The van der Waals surface area contributed by atoms with Gasteiger partial charge in [-0.1, -0.05) is 56.0 Å². The van der Waals surface area contributed by atoms with E-state index >= 15 is 0 Å². The molecule has 1 aromatic carbocycles. The molecular weight excluding hydrogens is 180 g/mol. The van der Waals surface area contributed by atoms with Crippen molar-refractivity contribution in [3.63, 3.8) is 0 Å². The molecule has 0 heterocycles. The Morgan fingerprint density at radius 2 is 1.33 bits per heavy atom. The van der Waals surface area contributed by atoms with Crippen molar-refractivity contribution in [1.29, 1.82) is 0 Å². The molecule has 0 radical (unpaired) electrons. The Hall–Kier alpha value is -0.780. The van der Waals surface area contributed by atoms with Gasteiger partial charge in [-0.15, -0.1) is 0 Å². The monoisotopic (exact) mass is 200 g/mol. The Balaban J connectivity index is 1.74. The van der Waals surface area contributed by atoms with Gasteiger partial charge >= 0.3 is 0 Å². The maximum atomic E-state index is 2.33. The molecule has 0 bridgehead atoms. The summed E-state index contributed by atoms with van der Waals surface area (Å²) < 4.78 is 0. The summed E-state index contributed by atoms with van der Waals surface area (Å²) in [6.45, 7) is 0. The second kappa shape index (κ2) is 4.00. The third kappa shape index (κ3) is 1.82. The summed E-state index contributed by atoms with van der Waals surface area (Å²) in [4.78, 5) is 0. The van der Waals surface area contributed by atoms with Crippen molar-refractivity contribution in [3.05, 3.63) is 35.9 Å². The second-order valence-electron chi connectivity index (χ2n) is 5.26. The molecule has 80 valence electrons. The zero-order chi connectivity index (χ0) is 10.1. The van der Waals surface area contributed by atoms with Gasteiger partial charge in [0, 0.05) is 0 Å². The number of rotatable bonds is 1. The molecule has 1 aromatic rings. The van der Waals surface area contributed by atoms with Crippen LogP contribution in [0.3, 0.4) is 0 Å². The molecule has 2 fully saturated rings. The normalized spacial score (nSPS) is 35.1. The fourth-order valence-corrected chi connectivity index (χ4v) is 3.52. The maximum absolute atomic E-state index is 2.33. The van der Waals surface area contributed by atoms with E-state index in [0.29, 0.717) is 0 Å². The Bertz CT molecular complexity index is 300. The molecule has 15 heavy (non-hydrogen) atoms. The lowest BCUT2D eigenvalue weighted by molar-refractivity contribution is 0.485. The fraction of sp³-hybridized carbons (Fsp3) is 0.600. The largest absolute Gasteiger partial charge is 0.0622 e. The summed E-state index contributed by atoms with van der Waals surface area (Å²) in [5, 5.41) is 0. The number of hydrogen-bond donors (Lipinski definition) is 0. The minimum absolute atomic E-state index is 0.921. The van der Waals surface area contributed by atoms with Crippen LogP contribution in [0.15, 0.2) is 30.3 Å². The van der Waals surface area contributed by atoms with Crippen LogP contribution in [0.25, 0.3) is 0 Å². The van der Waals surface area contributed by atoms with Crippen molar-refractivity contribution in [1.82, 2.24) is 0 Å². The van der Waals surface area contributed by atoms with Crippen LogP contribution in [0.4, 0.5) is 0 Å². The van der Waals surface area contributed by atoms with E-state index in [2.05, 4.69) is 30.3 Å². The van der Waals surface area contributed by atoms with Crippen LogP contribution >= 0.6 is 0 Å². The minimum Gasteiger partial charge on any atom is -0.0622 e. The molecule has 0 aromatic heterocycles. The van der Waals surface area contributed by atoms with E-state index in [0.717, 1.165) is 17.8 Å². The molecule has 0 heteroatoms. The molecule has 3 rings (SSSR count). The van der Waals surface area contributed by atoms with Crippen molar-refractivity contribution in [3.8, 4) is 0 Å². The third-order valence-corrected chi connectivity index (χ3v) is 4.34. The molecule has 3 atom stereocenters. The number of hydrogen-bond acceptors (Lipinski definition) is 0. The van der Waals surface area contributed by atoms with Crippen LogP contribution in [0, 0.1) is 11.8 Å². The van der Waals surface area contributed by atoms with E-state index in [9.17, 15) is 0 Å².